The van der Waals surface area contributed by atoms with Gasteiger partial charge in [0.05, 0.1) is 12.6 Å². The number of piperidine rings is 1. The summed E-state index contributed by atoms with van der Waals surface area (Å²) in [6.07, 6.45) is 1.48. The van der Waals surface area contributed by atoms with Gasteiger partial charge in [0.1, 0.15) is 17.4 Å². The van der Waals surface area contributed by atoms with Gasteiger partial charge in [-0.3, -0.25) is 9.78 Å². The van der Waals surface area contributed by atoms with Crippen molar-refractivity contribution in [1.29, 1.82) is 0 Å². The lowest BCUT2D eigenvalue weighted by molar-refractivity contribution is -0.134. The number of aliphatic hydroxyl groups is 1. The van der Waals surface area contributed by atoms with Crippen LogP contribution in [0.2, 0.25) is 0 Å². The van der Waals surface area contributed by atoms with Crippen LogP contribution in [0.1, 0.15) is 32.8 Å². The third-order valence-electron chi connectivity index (χ3n) is 5.35. The molecular weight excluding hydrogens is 342 g/mol. The molecule has 1 aliphatic rings. The minimum atomic E-state index is -1.04. The molecule has 146 valence electrons. The highest BCUT2D eigenvalue weighted by Gasteiger charge is 2.40. The van der Waals surface area contributed by atoms with Crippen LogP contribution < -0.4 is 15.4 Å². The average molecular weight is 371 g/mol. The third-order valence-corrected chi connectivity index (χ3v) is 5.35. The van der Waals surface area contributed by atoms with Crippen LogP contribution in [0.4, 0.5) is 0 Å². The van der Waals surface area contributed by atoms with Crippen molar-refractivity contribution in [3.63, 3.8) is 0 Å². The molecule has 1 amide bonds. The van der Waals surface area contributed by atoms with Crippen molar-refractivity contribution in [2.24, 2.45) is 11.8 Å². The largest absolute Gasteiger partial charge is 0.494 e. The Bertz CT molecular complexity index is 823. The predicted octanol–water partition coefficient (Wildman–Crippen LogP) is 2.20. The molecule has 1 fully saturated rings. The molecule has 6 nitrogen and oxygen atoms in total. The van der Waals surface area contributed by atoms with Gasteiger partial charge in [-0.15, -0.1) is 0 Å². The van der Waals surface area contributed by atoms with E-state index in [4.69, 9.17) is 4.74 Å². The second kappa shape index (κ2) is 7.82. The van der Waals surface area contributed by atoms with Crippen LogP contribution >= 0.6 is 0 Å². The third kappa shape index (κ3) is 3.77. The van der Waals surface area contributed by atoms with E-state index in [1.165, 1.54) is 0 Å². The number of carbonyl (C=O) groups excluding carboxylic acids is 1. The fourth-order valence-electron chi connectivity index (χ4n) is 3.98. The maximum atomic E-state index is 12.8. The Morgan fingerprint density at radius 1 is 1.41 bits per heavy atom. The van der Waals surface area contributed by atoms with Gasteiger partial charge >= 0.3 is 0 Å². The molecule has 1 aromatic heterocycles. The van der Waals surface area contributed by atoms with Crippen LogP contribution in [0.5, 0.6) is 5.75 Å². The summed E-state index contributed by atoms with van der Waals surface area (Å²) in [7, 11) is 1.63. The molecule has 0 spiro atoms. The Hall–Kier alpha value is -2.18. The van der Waals surface area contributed by atoms with Crippen LogP contribution in [-0.4, -0.2) is 42.3 Å². The predicted molar refractivity (Wildman–Crippen MR) is 106 cm³/mol. The number of hydrogen-bond donors (Lipinski definition) is 3. The molecule has 0 radical (unpaired) electrons. The fraction of sp³-hybridized carbons (Fsp3) is 0.524. The summed E-state index contributed by atoms with van der Waals surface area (Å²) < 4.78 is 5.47. The number of benzene rings is 1. The van der Waals surface area contributed by atoms with Crippen molar-refractivity contribution in [3.05, 3.63) is 36.0 Å². The van der Waals surface area contributed by atoms with Gasteiger partial charge in [0.15, 0.2) is 0 Å². The molecule has 2 heterocycles. The van der Waals surface area contributed by atoms with Crippen LogP contribution in [-0.2, 0) is 10.3 Å². The molecule has 1 aliphatic heterocycles. The zero-order valence-electron chi connectivity index (χ0n) is 16.5. The van der Waals surface area contributed by atoms with Crippen molar-refractivity contribution in [1.82, 2.24) is 15.6 Å². The summed E-state index contributed by atoms with van der Waals surface area (Å²) in [6, 6.07) is 7.80. The van der Waals surface area contributed by atoms with E-state index in [0.717, 1.165) is 29.4 Å². The molecule has 0 bridgehead atoms. The van der Waals surface area contributed by atoms with Gasteiger partial charge in [-0.2, -0.15) is 0 Å². The number of aromatic nitrogens is 1. The highest BCUT2D eigenvalue weighted by Crippen LogP contribution is 2.38. The Labute approximate surface area is 160 Å². The van der Waals surface area contributed by atoms with Gasteiger partial charge in [0.25, 0.3) is 0 Å². The molecule has 3 atom stereocenters. The normalized spacial score (nSPS) is 24.0. The number of nitrogens with one attached hydrogen (secondary N) is 2. The Morgan fingerprint density at radius 2 is 2.19 bits per heavy atom. The number of rotatable bonds is 5. The molecule has 6 heteroatoms. The van der Waals surface area contributed by atoms with E-state index in [2.05, 4.69) is 22.5 Å². The second-order valence-electron chi connectivity index (χ2n) is 7.92. The highest BCUT2D eigenvalue weighted by atomic mass is 16.5. The number of ether oxygens (including phenoxy) is 1. The first kappa shape index (κ1) is 19.6. The lowest BCUT2D eigenvalue weighted by Crippen LogP contribution is -2.59. The maximum Gasteiger partial charge on any atom is 0.249 e. The molecule has 0 aliphatic carbocycles. The molecule has 0 saturated carbocycles. The number of nitrogens with zero attached hydrogens (tertiary/aromatic N) is 1. The molecule has 1 saturated heterocycles. The van der Waals surface area contributed by atoms with Crippen LogP contribution in [0.3, 0.4) is 0 Å². The van der Waals surface area contributed by atoms with Gasteiger partial charge in [0.2, 0.25) is 5.91 Å². The molecule has 3 rings (SSSR count). The quantitative estimate of drug-likeness (QED) is 0.750. The molecule has 0 unspecified atom stereocenters. The van der Waals surface area contributed by atoms with Gasteiger partial charge in [-0.1, -0.05) is 32.9 Å². The summed E-state index contributed by atoms with van der Waals surface area (Å²) in [5.74, 6) is 0.595. The topological polar surface area (TPSA) is 83.5 Å². The molecule has 3 N–H and O–H groups in total. The van der Waals surface area contributed by atoms with Gasteiger partial charge in [-0.25, -0.2) is 0 Å². The van der Waals surface area contributed by atoms with E-state index in [1.807, 2.05) is 38.1 Å². The summed E-state index contributed by atoms with van der Waals surface area (Å²) in [6.45, 7) is 7.34. The van der Waals surface area contributed by atoms with Crippen molar-refractivity contribution in [3.8, 4) is 5.75 Å². The van der Waals surface area contributed by atoms with E-state index < -0.39 is 11.6 Å². The van der Waals surface area contributed by atoms with E-state index >= 15 is 0 Å². The summed E-state index contributed by atoms with van der Waals surface area (Å²) in [5, 5.41) is 17.8. The van der Waals surface area contributed by atoms with Crippen molar-refractivity contribution >= 4 is 16.8 Å². The maximum absolute atomic E-state index is 12.8. The SMILES string of the molecule is COc1ccc([C@@]2(NC(=O)[C@@H](O)C(C)C)CNC[C@@H](C)C2)c2cccnc12. The van der Waals surface area contributed by atoms with Gasteiger partial charge in [0, 0.05) is 18.1 Å². The van der Waals surface area contributed by atoms with Crippen LogP contribution in [0.25, 0.3) is 10.9 Å². The van der Waals surface area contributed by atoms with E-state index in [1.54, 1.807) is 13.3 Å². The molecular formula is C21H29N3O3. The van der Waals surface area contributed by atoms with Crippen LogP contribution in [0.15, 0.2) is 30.5 Å². The number of carbonyl (C=O) groups is 1. The standard InChI is InChI=1S/C21H29N3O3/c1-13(2)19(25)20(26)24-21(10-14(3)11-22-12-21)16-7-8-17(27-4)18-15(16)6-5-9-23-18/h5-9,13-14,19,22,25H,10-12H2,1-4H3,(H,24,26)/t14-,19-,21-/m0/s1. The number of aliphatic hydroxyl groups excluding tert-OH is 1. The van der Waals surface area contributed by atoms with E-state index in [9.17, 15) is 9.90 Å². The van der Waals surface area contributed by atoms with E-state index in [-0.39, 0.29) is 11.8 Å². The van der Waals surface area contributed by atoms with Crippen LogP contribution in [0, 0.1) is 11.8 Å². The second-order valence-corrected chi connectivity index (χ2v) is 7.92. The number of methoxy groups -OCH3 is 1. The Kier molecular flexibility index (Phi) is 5.67. The average Bonchev–Trinajstić information content (AvgIpc) is 2.66. The number of amides is 1. The first-order valence-corrected chi connectivity index (χ1v) is 9.51. The smallest absolute Gasteiger partial charge is 0.249 e. The molecule has 27 heavy (non-hydrogen) atoms. The zero-order valence-corrected chi connectivity index (χ0v) is 16.5. The lowest BCUT2D eigenvalue weighted by atomic mass is 9.77. The van der Waals surface area contributed by atoms with Crippen molar-refractivity contribution in [2.75, 3.05) is 20.2 Å². The van der Waals surface area contributed by atoms with Crippen molar-refractivity contribution in [2.45, 2.75) is 38.8 Å². The minimum absolute atomic E-state index is 0.148. The zero-order chi connectivity index (χ0) is 19.6. The monoisotopic (exact) mass is 371 g/mol. The highest BCUT2D eigenvalue weighted by molar-refractivity contribution is 5.89. The first-order valence-electron chi connectivity index (χ1n) is 9.51. The van der Waals surface area contributed by atoms with Gasteiger partial charge < -0.3 is 20.5 Å². The Balaban J connectivity index is 2.12. The fourth-order valence-corrected chi connectivity index (χ4v) is 3.98. The Morgan fingerprint density at radius 3 is 2.85 bits per heavy atom. The first-order chi connectivity index (χ1) is 12.9. The summed E-state index contributed by atoms with van der Waals surface area (Å²) in [5.41, 5.74) is 1.15. The molecule has 1 aromatic carbocycles. The summed E-state index contributed by atoms with van der Waals surface area (Å²) in [4.78, 5) is 17.3. The van der Waals surface area contributed by atoms with E-state index in [0.29, 0.717) is 18.2 Å². The number of fused-ring (bicyclic) bond motifs is 1. The molecule has 2 aromatic rings. The minimum Gasteiger partial charge on any atom is -0.494 e. The number of pyridine rings is 1. The van der Waals surface area contributed by atoms with Gasteiger partial charge in [-0.05, 0) is 42.5 Å². The van der Waals surface area contributed by atoms with Crippen molar-refractivity contribution < 1.29 is 14.6 Å². The number of hydrogen-bond acceptors (Lipinski definition) is 5. The lowest BCUT2D eigenvalue weighted by Gasteiger charge is -2.43. The summed E-state index contributed by atoms with van der Waals surface area (Å²) >= 11 is 0.